The van der Waals surface area contributed by atoms with Crippen molar-refractivity contribution in [3.8, 4) is 11.5 Å². The molecule has 0 spiro atoms. The van der Waals surface area contributed by atoms with Crippen molar-refractivity contribution < 1.29 is 14.6 Å². The molecular formula is C14H10ClNO3. The Morgan fingerprint density at radius 1 is 1.37 bits per heavy atom. The Bertz CT molecular complexity index is 611. The first kappa shape index (κ1) is 13.1. The molecule has 0 fully saturated rings. The Labute approximate surface area is 114 Å². The Balaban J connectivity index is 2.32. The van der Waals surface area contributed by atoms with E-state index in [-0.39, 0.29) is 0 Å². The summed E-state index contributed by atoms with van der Waals surface area (Å²) in [6, 6.07) is 8.49. The molecule has 0 aliphatic carbocycles. The Hall–Kier alpha value is -2.33. The number of ether oxygens (including phenoxy) is 1. The smallest absolute Gasteiger partial charge is 0.328 e. The first-order chi connectivity index (χ1) is 9.15. The number of carbonyl (C=O) groups is 1. The maximum Gasteiger partial charge on any atom is 0.328 e. The van der Waals surface area contributed by atoms with Crippen LogP contribution in [0.15, 0.2) is 48.8 Å². The summed E-state index contributed by atoms with van der Waals surface area (Å²) < 4.78 is 5.63. The van der Waals surface area contributed by atoms with E-state index in [0.717, 1.165) is 6.08 Å². The average Bonchev–Trinajstić information content (AvgIpc) is 2.40. The largest absolute Gasteiger partial charge is 0.478 e. The van der Waals surface area contributed by atoms with Crippen molar-refractivity contribution in [1.82, 2.24) is 4.98 Å². The number of hydrogen-bond donors (Lipinski definition) is 1. The third-order valence-electron chi connectivity index (χ3n) is 2.24. The monoisotopic (exact) mass is 275 g/mol. The zero-order chi connectivity index (χ0) is 13.7. The molecule has 1 N–H and O–H groups in total. The summed E-state index contributed by atoms with van der Waals surface area (Å²) in [7, 11) is 0. The van der Waals surface area contributed by atoms with Crippen molar-refractivity contribution in [2.75, 3.05) is 0 Å². The van der Waals surface area contributed by atoms with Crippen LogP contribution in [0.2, 0.25) is 5.02 Å². The summed E-state index contributed by atoms with van der Waals surface area (Å²) in [4.78, 5) is 14.5. The van der Waals surface area contributed by atoms with E-state index in [2.05, 4.69) is 4.98 Å². The molecule has 0 aliphatic rings. The molecule has 1 heterocycles. The van der Waals surface area contributed by atoms with Crippen molar-refractivity contribution in [3.05, 3.63) is 59.4 Å². The molecule has 96 valence electrons. The minimum atomic E-state index is -1.03. The molecular weight excluding hydrogens is 266 g/mol. The molecule has 0 radical (unpaired) electrons. The normalized spacial score (nSPS) is 10.6. The number of aromatic nitrogens is 1. The zero-order valence-corrected chi connectivity index (χ0v) is 10.5. The van der Waals surface area contributed by atoms with Crippen LogP contribution >= 0.6 is 11.6 Å². The van der Waals surface area contributed by atoms with Crippen LogP contribution in [0, 0.1) is 0 Å². The van der Waals surface area contributed by atoms with E-state index >= 15 is 0 Å². The van der Waals surface area contributed by atoms with Gasteiger partial charge in [0.2, 0.25) is 0 Å². The van der Waals surface area contributed by atoms with E-state index < -0.39 is 5.97 Å². The second kappa shape index (κ2) is 6.02. The van der Waals surface area contributed by atoms with Gasteiger partial charge < -0.3 is 9.84 Å². The Morgan fingerprint density at radius 2 is 2.21 bits per heavy atom. The highest BCUT2D eigenvalue weighted by atomic mass is 35.5. The Morgan fingerprint density at radius 3 is 2.89 bits per heavy atom. The minimum absolute atomic E-state index is 0.503. The van der Waals surface area contributed by atoms with Crippen LogP contribution in [0.3, 0.4) is 0 Å². The second-order valence-corrected chi connectivity index (χ2v) is 4.08. The summed E-state index contributed by atoms with van der Waals surface area (Å²) in [5, 5.41) is 9.16. The third kappa shape index (κ3) is 3.82. The van der Waals surface area contributed by atoms with Gasteiger partial charge in [-0.15, -0.1) is 0 Å². The molecule has 0 saturated heterocycles. The van der Waals surface area contributed by atoms with Crippen molar-refractivity contribution in [2.24, 2.45) is 0 Å². The quantitative estimate of drug-likeness (QED) is 0.866. The first-order valence-corrected chi connectivity index (χ1v) is 5.81. The highest BCUT2D eigenvalue weighted by molar-refractivity contribution is 6.30. The van der Waals surface area contributed by atoms with Gasteiger partial charge in [0.1, 0.15) is 11.5 Å². The van der Waals surface area contributed by atoms with Gasteiger partial charge in [0.15, 0.2) is 0 Å². The van der Waals surface area contributed by atoms with Gasteiger partial charge >= 0.3 is 5.97 Å². The van der Waals surface area contributed by atoms with Gasteiger partial charge in [0, 0.05) is 22.9 Å². The summed E-state index contributed by atoms with van der Waals surface area (Å²) >= 11 is 5.89. The van der Waals surface area contributed by atoms with Crippen LogP contribution in [-0.4, -0.2) is 16.1 Å². The SMILES string of the molecule is O=C(O)/C=C/c1cc(Cl)ccc1Oc1cccnc1. The van der Waals surface area contributed by atoms with Gasteiger partial charge in [0.25, 0.3) is 0 Å². The number of hydrogen-bond acceptors (Lipinski definition) is 3. The highest BCUT2D eigenvalue weighted by Gasteiger charge is 2.04. The van der Waals surface area contributed by atoms with Crippen molar-refractivity contribution in [1.29, 1.82) is 0 Å². The van der Waals surface area contributed by atoms with Crippen molar-refractivity contribution in [2.45, 2.75) is 0 Å². The predicted molar refractivity (Wildman–Crippen MR) is 72.4 cm³/mol. The van der Waals surface area contributed by atoms with Crippen LogP contribution in [0.25, 0.3) is 6.08 Å². The fraction of sp³-hybridized carbons (Fsp3) is 0. The molecule has 0 bridgehead atoms. The van der Waals surface area contributed by atoms with Gasteiger partial charge in [-0.2, -0.15) is 0 Å². The van der Waals surface area contributed by atoms with Crippen LogP contribution in [0.5, 0.6) is 11.5 Å². The number of halogens is 1. The molecule has 4 nitrogen and oxygen atoms in total. The van der Waals surface area contributed by atoms with E-state index in [0.29, 0.717) is 22.1 Å². The van der Waals surface area contributed by atoms with E-state index in [1.807, 2.05) is 0 Å². The molecule has 19 heavy (non-hydrogen) atoms. The van der Waals surface area contributed by atoms with E-state index in [1.54, 1.807) is 42.7 Å². The lowest BCUT2D eigenvalue weighted by atomic mass is 10.2. The number of benzene rings is 1. The minimum Gasteiger partial charge on any atom is -0.478 e. The Kier molecular flexibility index (Phi) is 4.15. The zero-order valence-electron chi connectivity index (χ0n) is 9.79. The molecule has 2 rings (SSSR count). The number of nitrogens with zero attached hydrogens (tertiary/aromatic N) is 1. The molecule has 0 amide bonds. The van der Waals surface area contributed by atoms with E-state index in [9.17, 15) is 4.79 Å². The van der Waals surface area contributed by atoms with Crippen molar-refractivity contribution in [3.63, 3.8) is 0 Å². The standard InChI is InChI=1S/C14H10ClNO3/c15-11-4-5-13(10(8-11)3-6-14(17)18)19-12-2-1-7-16-9-12/h1-9H,(H,17,18)/b6-3+. The van der Waals surface area contributed by atoms with E-state index in [4.69, 9.17) is 21.4 Å². The van der Waals surface area contributed by atoms with Gasteiger partial charge in [-0.05, 0) is 36.4 Å². The first-order valence-electron chi connectivity index (χ1n) is 5.43. The number of rotatable bonds is 4. The van der Waals surface area contributed by atoms with Crippen LogP contribution < -0.4 is 4.74 Å². The van der Waals surface area contributed by atoms with Crippen LogP contribution in [-0.2, 0) is 4.79 Å². The molecule has 0 atom stereocenters. The lowest BCUT2D eigenvalue weighted by Crippen LogP contribution is -1.90. The molecule has 0 aliphatic heterocycles. The molecule has 2 aromatic rings. The summed E-state index contributed by atoms with van der Waals surface area (Å²) in [5.74, 6) is 0.0389. The van der Waals surface area contributed by atoms with Gasteiger partial charge in [-0.25, -0.2) is 4.79 Å². The van der Waals surface area contributed by atoms with Crippen molar-refractivity contribution >= 4 is 23.6 Å². The highest BCUT2D eigenvalue weighted by Crippen LogP contribution is 2.28. The van der Waals surface area contributed by atoms with E-state index in [1.165, 1.54) is 6.08 Å². The van der Waals surface area contributed by atoms with Crippen LogP contribution in [0.1, 0.15) is 5.56 Å². The number of carboxylic acid groups (broad SMARTS) is 1. The molecule has 0 saturated carbocycles. The predicted octanol–water partition coefficient (Wildman–Crippen LogP) is 3.63. The summed E-state index contributed by atoms with van der Waals surface area (Å²) in [6.07, 6.45) is 5.67. The summed E-state index contributed by atoms with van der Waals surface area (Å²) in [5.41, 5.74) is 0.582. The lowest BCUT2D eigenvalue weighted by molar-refractivity contribution is -0.131. The molecule has 5 heteroatoms. The maximum absolute atomic E-state index is 10.6. The fourth-order valence-electron chi connectivity index (χ4n) is 1.44. The fourth-order valence-corrected chi connectivity index (χ4v) is 1.62. The molecule has 1 aromatic carbocycles. The topological polar surface area (TPSA) is 59.4 Å². The molecule has 1 aromatic heterocycles. The average molecular weight is 276 g/mol. The molecule has 0 unspecified atom stereocenters. The summed E-state index contributed by atoms with van der Waals surface area (Å²) in [6.45, 7) is 0. The third-order valence-corrected chi connectivity index (χ3v) is 2.47. The van der Waals surface area contributed by atoms with Gasteiger partial charge in [-0.3, -0.25) is 4.98 Å². The number of aliphatic carboxylic acids is 1. The van der Waals surface area contributed by atoms with Crippen LogP contribution in [0.4, 0.5) is 0 Å². The van der Waals surface area contributed by atoms with Gasteiger partial charge in [0.05, 0.1) is 6.20 Å². The lowest BCUT2D eigenvalue weighted by Gasteiger charge is -2.08. The number of pyridine rings is 1. The maximum atomic E-state index is 10.6. The van der Waals surface area contributed by atoms with Gasteiger partial charge in [-0.1, -0.05) is 11.6 Å². The second-order valence-electron chi connectivity index (χ2n) is 3.64. The number of carboxylic acids is 1.